The van der Waals surface area contributed by atoms with Gasteiger partial charge in [-0.3, -0.25) is 0 Å². The van der Waals surface area contributed by atoms with Crippen LogP contribution < -0.4 is 5.73 Å². The van der Waals surface area contributed by atoms with Gasteiger partial charge in [0.2, 0.25) is 0 Å². The van der Waals surface area contributed by atoms with Crippen LogP contribution in [0.15, 0.2) is 36.8 Å². The van der Waals surface area contributed by atoms with Crippen LogP contribution in [0.5, 0.6) is 0 Å². The lowest BCUT2D eigenvalue weighted by Crippen LogP contribution is -1.96. The molecular weight excluding hydrogens is 174 g/mol. The molecule has 0 radical (unpaired) electrons. The largest absolute Gasteiger partial charge is 0.399 e. The summed E-state index contributed by atoms with van der Waals surface area (Å²) in [6.07, 6.45) is 3.86. The minimum Gasteiger partial charge on any atom is -0.399 e. The van der Waals surface area contributed by atoms with E-state index in [9.17, 15) is 0 Å². The maximum atomic E-state index is 5.61. The summed E-state index contributed by atoms with van der Waals surface area (Å²) in [4.78, 5) is 4.17. The van der Waals surface area contributed by atoms with Crippen molar-refractivity contribution in [3.8, 4) is 0 Å². The quantitative estimate of drug-likeness (QED) is 0.729. The fourth-order valence-corrected chi connectivity index (χ4v) is 1.39. The normalized spacial score (nSPS) is 10.4. The Morgan fingerprint density at radius 3 is 2.57 bits per heavy atom. The Kier molecular flexibility index (Phi) is 2.23. The monoisotopic (exact) mass is 187 g/mol. The average molecular weight is 187 g/mol. The van der Waals surface area contributed by atoms with Crippen LogP contribution >= 0.6 is 0 Å². The van der Waals surface area contributed by atoms with Crippen LogP contribution in [0.3, 0.4) is 0 Å². The molecule has 0 aliphatic carbocycles. The lowest BCUT2D eigenvalue weighted by atomic mass is 10.2. The van der Waals surface area contributed by atoms with Gasteiger partial charge in [-0.2, -0.15) is 0 Å². The zero-order chi connectivity index (χ0) is 9.97. The highest BCUT2D eigenvalue weighted by molar-refractivity contribution is 5.39. The molecule has 0 saturated heterocycles. The molecule has 0 bridgehead atoms. The molecule has 3 nitrogen and oxygen atoms in total. The van der Waals surface area contributed by atoms with Gasteiger partial charge in [0.15, 0.2) is 0 Å². The molecule has 0 saturated carbocycles. The molecule has 0 atom stereocenters. The fraction of sp³-hybridized carbons (Fsp3) is 0.182. The zero-order valence-electron chi connectivity index (χ0n) is 8.14. The number of nitrogen functional groups attached to an aromatic ring is 1. The molecular formula is C11H13N3. The van der Waals surface area contributed by atoms with Gasteiger partial charge in [0.05, 0.1) is 12.0 Å². The maximum absolute atomic E-state index is 5.61. The second kappa shape index (κ2) is 3.54. The smallest absolute Gasteiger partial charge is 0.0952 e. The van der Waals surface area contributed by atoms with Gasteiger partial charge in [-0.05, 0) is 24.6 Å². The molecule has 2 N–H and O–H groups in total. The molecule has 72 valence electrons. The van der Waals surface area contributed by atoms with Crippen LogP contribution in [0.25, 0.3) is 0 Å². The van der Waals surface area contributed by atoms with E-state index < -0.39 is 0 Å². The van der Waals surface area contributed by atoms with Crippen molar-refractivity contribution in [3.05, 3.63) is 48.0 Å². The van der Waals surface area contributed by atoms with Gasteiger partial charge in [-0.1, -0.05) is 12.1 Å². The molecule has 2 rings (SSSR count). The van der Waals surface area contributed by atoms with Crippen LogP contribution in [0.2, 0.25) is 0 Å². The first-order valence-corrected chi connectivity index (χ1v) is 4.57. The molecule has 0 aliphatic rings. The van der Waals surface area contributed by atoms with Crippen molar-refractivity contribution >= 4 is 5.69 Å². The summed E-state index contributed by atoms with van der Waals surface area (Å²) in [7, 11) is 0. The molecule has 0 fully saturated rings. The molecule has 2 aromatic rings. The van der Waals surface area contributed by atoms with Gasteiger partial charge in [0.1, 0.15) is 0 Å². The Balaban J connectivity index is 2.15. The first-order chi connectivity index (χ1) is 6.74. The number of hydrogen-bond acceptors (Lipinski definition) is 2. The summed E-state index contributed by atoms with van der Waals surface area (Å²) in [5.74, 6) is 0. The van der Waals surface area contributed by atoms with E-state index >= 15 is 0 Å². The van der Waals surface area contributed by atoms with E-state index in [1.165, 1.54) is 5.56 Å². The average Bonchev–Trinajstić information content (AvgIpc) is 2.56. The van der Waals surface area contributed by atoms with Crippen molar-refractivity contribution in [2.45, 2.75) is 13.5 Å². The third-order valence-electron chi connectivity index (χ3n) is 2.11. The van der Waals surface area contributed by atoms with E-state index in [1.807, 2.05) is 43.7 Å². The number of nitrogens with two attached hydrogens (primary N) is 1. The van der Waals surface area contributed by atoms with Gasteiger partial charge < -0.3 is 10.3 Å². The first-order valence-electron chi connectivity index (χ1n) is 4.57. The number of hydrogen-bond donors (Lipinski definition) is 1. The fourth-order valence-electron chi connectivity index (χ4n) is 1.39. The van der Waals surface area contributed by atoms with Crippen molar-refractivity contribution in [2.24, 2.45) is 0 Å². The van der Waals surface area contributed by atoms with Crippen LogP contribution in [0.4, 0.5) is 5.69 Å². The second-order valence-corrected chi connectivity index (χ2v) is 3.43. The third kappa shape index (κ3) is 1.93. The third-order valence-corrected chi connectivity index (χ3v) is 2.11. The molecule has 1 aromatic carbocycles. The Morgan fingerprint density at radius 2 is 2.00 bits per heavy atom. The number of benzene rings is 1. The van der Waals surface area contributed by atoms with Crippen molar-refractivity contribution in [2.75, 3.05) is 5.73 Å². The highest BCUT2D eigenvalue weighted by Gasteiger charge is 1.95. The van der Waals surface area contributed by atoms with E-state index in [0.29, 0.717) is 0 Å². The Morgan fingerprint density at radius 1 is 1.29 bits per heavy atom. The predicted octanol–water partition coefficient (Wildman–Crippen LogP) is 1.82. The Hall–Kier alpha value is -1.77. The van der Waals surface area contributed by atoms with E-state index in [0.717, 1.165) is 17.9 Å². The molecule has 3 heteroatoms. The van der Waals surface area contributed by atoms with Gasteiger partial charge in [0, 0.05) is 18.4 Å². The predicted molar refractivity (Wildman–Crippen MR) is 56.9 cm³/mol. The molecule has 1 aromatic heterocycles. The first kappa shape index (κ1) is 8.81. The van der Waals surface area contributed by atoms with E-state index in [2.05, 4.69) is 9.55 Å². The summed E-state index contributed by atoms with van der Waals surface area (Å²) >= 11 is 0. The summed E-state index contributed by atoms with van der Waals surface area (Å²) in [6.45, 7) is 2.83. The van der Waals surface area contributed by atoms with Gasteiger partial charge in [-0.25, -0.2) is 4.98 Å². The summed E-state index contributed by atoms with van der Waals surface area (Å²) in [6, 6.07) is 7.90. The summed E-state index contributed by atoms with van der Waals surface area (Å²) < 4.78 is 2.06. The number of aromatic nitrogens is 2. The molecule has 0 unspecified atom stereocenters. The van der Waals surface area contributed by atoms with Gasteiger partial charge in [0.25, 0.3) is 0 Å². The van der Waals surface area contributed by atoms with Crippen LogP contribution in [-0.2, 0) is 6.54 Å². The standard InChI is InChI=1S/C11H13N3/c1-9-6-14(8-13-9)7-10-2-4-11(12)5-3-10/h2-6,8H,7,12H2,1H3. The van der Waals surface area contributed by atoms with Crippen molar-refractivity contribution in [3.63, 3.8) is 0 Å². The molecule has 0 amide bonds. The highest BCUT2D eigenvalue weighted by atomic mass is 15.0. The van der Waals surface area contributed by atoms with E-state index in [1.54, 1.807) is 0 Å². The van der Waals surface area contributed by atoms with Crippen LogP contribution in [-0.4, -0.2) is 9.55 Å². The van der Waals surface area contributed by atoms with E-state index in [4.69, 9.17) is 5.73 Å². The number of imidazole rings is 1. The van der Waals surface area contributed by atoms with Crippen molar-refractivity contribution < 1.29 is 0 Å². The maximum Gasteiger partial charge on any atom is 0.0952 e. The van der Waals surface area contributed by atoms with E-state index in [-0.39, 0.29) is 0 Å². The molecule has 0 spiro atoms. The summed E-state index contributed by atoms with van der Waals surface area (Å²) in [5, 5.41) is 0. The van der Waals surface area contributed by atoms with Crippen molar-refractivity contribution in [1.29, 1.82) is 0 Å². The lowest BCUT2D eigenvalue weighted by Gasteiger charge is -2.02. The van der Waals surface area contributed by atoms with Gasteiger partial charge in [-0.15, -0.1) is 0 Å². The zero-order valence-corrected chi connectivity index (χ0v) is 8.14. The minimum atomic E-state index is 0.801. The molecule has 14 heavy (non-hydrogen) atoms. The van der Waals surface area contributed by atoms with Crippen LogP contribution in [0, 0.1) is 6.92 Å². The lowest BCUT2D eigenvalue weighted by molar-refractivity contribution is 0.797. The number of rotatable bonds is 2. The van der Waals surface area contributed by atoms with Crippen LogP contribution in [0.1, 0.15) is 11.3 Å². The number of nitrogens with zero attached hydrogens (tertiary/aromatic N) is 2. The SMILES string of the molecule is Cc1cn(Cc2ccc(N)cc2)cn1. The number of anilines is 1. The Bertz CT molecular complexity index is 414. The second-order valence-electron chi connectivity index (χ2n) is 3.43. The molecule has 1 heterocycles. The summed E-state index contributed by atoms with van der Waals surface area (Å²) in [5.41, 5.74) is 8.68. The topological polar surface area (TPSA) is 43.8 Å². The number of aryl methyl sites for hydroxylation is 1. The molecule has 0 aliphatic heterocycles. The highest BCUT2D eigenvalue weighted by Crippen LogP contribution is 2.07. The van der Waals surface area contributed by atoms with Gasteiger partial charge >= 0.3 is 0 Å². The van der Waals surface area contributed by atoms with Crippen molar-refractivity contribution in [1.82, 2.24) is 9.55 Å². The minimum absolute atomic E-state index is 0.801. The Labute approximate surface area is 83.2 Å².